The van der Waals surface area contributed by atoms with E-state index in [1.54, 1.807) is 24.3 Å². The van der Waals surface area contributed by atoms with Gasteiger partial charge in [0.05, 0.1) is 17.3 Å². The van der Waals surface area contributed by atoms with E-state index in [1.165, 1.54) is 12.1 Å². The highest BCUT2D eigenvalue weighted by Gasteiger charge is 2.24. The van der Waals surface area contributed by atoms with E-state index < -0.39 is 40.6 Å². The largest absolute Gasteiger partial charge is 0.507 e. The summed E-state index contributed by atoms with van der Waals surface area (Å²) in [6.07, 6.45) is 0.284. The van der Waals surface area contributed by atoms with Gasteiger partial charge in [-0.25, -0.2) is 27.4 Å². The van der Waals surface area contributed by atoms with Crippen LogP contribution in [0.1, 0.15) is 15.9 Å². The van der Waals surface area contributed by atoms with Gasteiger partial charge in [-0.3, -0.25) is 4.79 Å². The van der Waals surface area contributed by atoms with Crippen molar-refractivity contribution in [1.29, 1.82) is 0 Å². The van der Waals surface area contributed by atoms with Gasteiger partial charge in [0.25, 0.3) is 5.91 Å². The molecular weight excluding hydrogens is 371 g/mol. The fourth-order valence-electron chi connectivity index (χ4n) is 2.36. The third-order valence-corrected chi connectivity index (χ3v) is 3.71. The van der Waals surface area contributed by atoms with Crippen molar-refractivity contribution >= 4 is 22.9 Å². The molecule has 0 unspecified atom stereocenters. The molecule has 0 radical (unpaired) electrons. The third kappa shape index (κ3) is 3.31. The van der Waals surface area contributed by atoms with Crippen LogP contribution in [-0.2, 0) is 0 Å². The maximum Gasteiger partial charge on any atom is 0.275 e. The van der Waals surface area contributed by atoms with Crippen LogP contribution in [0, 0.1) is 29.1 Å². The van der Waals surface area contributed by atoms with Crippen LogP contribution in [-0.4, -0.2) is 17.2 Å². The number of carbonyl (C=O) groups is 1. The minimum absolute atomic E-state index is 0.191. The van der Waals surface area contributed by atoms with Gasteiger partial charge in [-0.15, -0.1) is 0 Å². The standard InChI is InChI=1S/C18H9F5N2O2/c19-13-11(14(20)16(22)17(23)15(13)21)7-24-25-18(27)10-5-8-3-1-2-4-9(8)6-12(10)26/h1-7,26H,(H,25,27)/b24-7-. The number of rotatable bonds is 3. The molecule has 0 heterocycles. The molecular formula is C18H9F5N2O2. The molecule has 0 aliphatic heterocycles. The average molecular weight is 380 g/mol. The Morgan fingerprint density at radius 3 is 2.00 bits per heavy atom. The number of hydrogen-bond acceptors (Lipinski definition) is 3. The molecule has 9 heteroatoms. The zero-order valence-corrected chi connectivity index (χ0v) is 13.2. The molecule has 0 spiro atoms. The van der Waals surface area contributed by atoms with Crippen molar-refractivity contribution in [2.45, 2.75) is 0 Å². The second kappa shape index (κ2) is 7.02. The molecule has 27 heavy (non-hydrogen) atoms. The van der Waals surface area contributed by atoms with E-state index >= 15 is 0 Å². The highest BCUT2D eigenvalue weighted by molar-refractivity contribution is 6.01. The summed E-state index contributed by atoms with van der Waals surface area (Å²) in [5.41, 5.74) is 0.357. The van der Waals surface area contributed by atoms with E-state index in [9.17, 15) is 31.9 Å². The number of carbonyl (C=O) groups excluding carboxylic acids is 1. The summed E-state index contributed by atoms with van der Waals surface area (Å²) in [5.74, 6) is -12.1. The maximum absolute atomic E-state index is 13.5. The number of halogens is 5. The van der Waals surface area contributed by atoms with Crippen LogP contribution >= 0.6 is 0 Å². The molecule has 138 valence electrons. The first-order chi connectivity index (χ1) is 12.8. The monoisotopic (exact) mass is 380 g/mol. The summed E-state index contributed by atoms with van der Waals surface area (Å²) >= 11 is 0. The van der Waals surface area contributed by atoms with Gasteiger partial charge in [-0.05, 0) is 22.9 Å². The predicted molar refractivity (Wildman–Crippen MR) is 86.9 cm³/mol. The van der Waals surface area contributed by atoms with Gasteiger partial charge in [0.2, 0.25) is 5.82 Å². The molecule has 0 saturated carbocycles. The first-order valence-electron chi connectivity index (χ1n) is 7.38. The zero-order valence-electron chi connectivity index (χ0n) is 13.2. The third-order valence-electron chi connectivity index (χ3n) is 3.71. The van der Waals surface area contributed by atoms with Crippen LogP contribution in [0.5, 0.6) is 5.75 Å². The van der Waals surface area contributed by atoms with E-state index in [2.05, 4.69) is 5.10 Å². The van der Waals surface area contributed by atoms with E-state index in [-0.39, 0.29) is 17.5 Å². The number of phenols is 1. The van der Waals surface area contributed by atoms with Crippen molar-refractivity contribution in [2.75, 3.05) is 0 Å². The molecule has 0 bridgehead atoms. The lowest BCUT2D eigenvalue weighted by atomic mass is 10.1. The minimum atomic E-state index is -2.30. The predicted octanol–water partition coefficient (Wildman–Crippen LogP) is 4.00. The first kappa shape index (κ1) is 18.3. The second-order valence-corrected chi connectivity index (χ2v) is 5.40. The molecule has 0 aliphatic rings. The number of amides is 1. The minimum Gasteiger partial charge on any atom is -0.507 e. The summed E-state index contributed by atoms with van der Waals surface area (Å²) in [6, 6.07) is 9.52. The molecule has 0 atom stereocenters. The Morgan fingerprint density at radius 1 is 0.889 bits per heavy atom. The average Bonchev–Trinajstić information content (AvgIpc) is 2.66. The highest BCUT2D eigenvalue weighted by atomic mass is 19.2. The molecule has 0 fully saturated rings. The number of hydrogen-bond donors (Lipinski definition) is 2. The number of nitrogens with one attached hydrogen (secondary N) is 1. The van der Waals surface area contributed by atoms with Crippen LogP contribution in [0.2, 0.25) is 0 Å². The Bertz CT molecular complexity index is 1070. The lowest BCUT2D eigenvalue weighted by Gasteiger charge is -2.06. The Hall–Kier alpha value is -3.49. The Labute approximate surface area is 148 Å². The summed E-state index contributed by atoms with van der Waals surface area (Å²) in [7, 11) is 0. The SMILES string of the molecule is O=C(N/N=C\c1c(F)c(F)c(F)c(F)c1F)c1cc2ccccc2cc1O. The second-order valence-electron chi connectivity index (χ2n) is 5.40. The fourth-order valence-corrected chi connectivity index (χ4v) is 2.36. The lowest BCUT2D eigenvalue weighted by molar-refractivity contribution is 0.0952. The van der Waals surface area contributed by atoms with Crippen molar-refractivity contribution in [2.24, 2.45) is 5.10 Å². The highest BCUT2D eigenvalue weighted by Crippen LogP contribution is 2.25. The summed E-state index contributed by atoms with van der Waals surface area (Å²) in [5, 5.41) is 14.4. The quantitative estimate of drug-likeness (QED) is 0.237. The number of benzene rings is 3. The van der Waals surface area contributed by atoms with Gasteiger partial charge in [-0.1, -0.05) is 24.3 Å². The van der Waals surface area contributed by atoms with Crippen LogP contribution in [0.15, 0.2) is 41.5 Å². The van der Waals surface area contributed by atoms with E-state index in [0.29, 0.717) is 10.8 Å². The first-order valence-corrected chi connectivity index (χ1v) is 7.38. The van der Waals surface area contributed by atoms with E-state index in [4.69, 9.17) is 0 Å². The van der Waals surface area contributed by atoms with E-state index in [0.717, 1.165) is 0 Å². The number of fused-ring (bicyclic) bond motifs is 1. The summed E-state index contributed by atoms with van der Waals surface area (Å²) in [4.78, 5) is 12.1. The van der Waals surface area contributed by atoms with Crippen LogP contribution in [0.25, 0.3) is 10.8 Å². The topological polar surface area (TPSA) is 61.7 Å². The molecule has 3 aromatic carbocycles. The lowest BCUT2D eigenvalue weighted by Crippen LogP contribution is -2.18. The van der Waals surface area contributed by atoms with E-state index in [1.807, 2.05) is 5.43 Å². The van der Waals surface area contributed by atoms with Crippen molar-refractivity contribution in [1.82, 2.24) is 5.43 Å². The Kier molecular flexibility index (Phi) is 4.76. The molecule has 1 amide bonds. The fraction of sp³-hybridized carbons (Fsp3) is 0. The van der Waals surface area contributed by atoms with Crippen LogP contribution in [0.4, 0.5) is 22.0 Å². The van der Waals surface area contributed by atoms with Gasteiger partial charge in [-0.2, -0.15) is 5.10 Å². The molecule has 0 aromatic heterocycles. The molecule has 0 saturated heterocycles. The van der Waals surface area contributed by atoms with Crippen LogP contribution < -0.4 is 5.43 Å². The van der Waals surface area contributed by atoms with Crippen molar-refractivity contribution in [3.63, 3.8) is 0 Å². The zero-order chi connectivity index (χ0) is 19.7. The summed E-state index contributed by atoms with van der Waals surface area (Å²) in [6.45, 7) is 0. The van der Waals surface area contributed by atoms with Gasteiger partial charge in [0.1, 0.15) is 5.75 Å². The smallest absolute Gasteiger partial charge is 0.275 e. The van der Waals surface area contributed by atoms with Crippen molar-refractivity contribution < 1.29 is 31.9 Å². The van der Waals surface area contributed by atoms with Gasteiger partial charge >= 0.3 is 0 Å². The van der Waals surface area contributed by atoms with Gasteiger partial charge < -0.3 is 5.11 Å². The Morgan fingerprint density at radius 2 is 1.41 bits per heavy atom. The van der Waals surface area contributed by atoms with Crippen molar-refractivity contribution in [3.05, 3.63) is 76.6 Å². The summed E-state index contributed by atoms with van der Waals surface area (Å²) < 4.78 is 66.2. The number of hydrazone groups is 1. The van der Waals surface area contributed by atoms with Gasteiger partial charge in [0, 0.05) is 0 Å². The molecule has 3 rings (SSSR count). The van der Waals surface area contributed by atoms with Crippen molar-refractivity contribution in [3.8, 4) is 5.75 Å². The molecule has 0 aliphatic carbocycles. The van der Waals surface area contributed by atoms with Gasteiger partial charge in [0.15, 0.2) is 23.3 Å². The molecule has 2 N–H and O–H groups in total. The number of aromatic hydroxyl groups is 1. The normalized spacial score (nSPS) is 11.3. The molecule has 3 aromatic rings. The molecule has 4 nitrogen and oxygen atoms in total. The van der Waals surface area contributed by atoms with Crippen LogP contribution in [0.3, 0.4) is 0 Å². The maximum atomic E-state index is 13.5. The number of nitrogens with zero attached hydrogens (tertiary/aromatic N) is 1. The Balaban J connectivity index is 1.88. The number of phenolic OH excluding ortho intramolecular Hbond substituents is 1.